The lowest BCUT2D eigenvalue weighted by Crippen LogP contribution is -3.06. The normalized spacial score (nSPS) is 12.0. The van der Waals surface area contributed by atoms with E-state index in [2.05, 4.69) is 5.32 Å². The van der Waals surface area contributed by atoms with Crippen LogP contribution in [-0.2, 0) is 4.79 Å². The average Bonchev–Trinajstić information content (AvgIpc) is 2.60. The third-order valence-electron chi connectivity index (χ3n) is 3.89. The van der Waals surface area contributed by atoms with Crippen LogP contribution in [0.3, 0.4) is 0 Å². The second-order valence-electron chi connectivity index (χ2n) is 6.37. The first-order chi connectivity index (χ1) is 12.0. The maximum Gasteiger partial charge on any atom is 0.221 e. The lowest BCUT2D eigenvalue weighted by molar-refractivity contribution is -0.860. The molecule has 25 heavy (non-hydrogen) atoms. The molecule has 0 aromatic heterocycles. The van der Waals surface area contributed by atoms with Crippen molar-refractivity contribution in [1.82, 2.24) is 5.32 Å². The van der Waals surface area contributed by atoms with Gasteiger partial charge >= 0.3 is 0 Å². The van der Waals surface area contributed by atoms with Crippen molar-refractivity contribution in [3.63, 3.8) is 0 Å². The topological polar surface area (TPSA) is 50.6 Å². The summed E-state index contributed by atoms with van der Waals surface area (Å²) in [5, 5.41) is 3.01. The first-order valence-electron chi connectivity index (χ1n) is 8.38. The van der Waals surface area contributed by atoms with Crippen LogP contribution in [0, 0.1) is 5.82 Å². The molecule has 2 N–H and O–H groups in total. The number of hydrogen-bond acceptors (Lipinski definition) is 2. The molecule has 0 bridgehead atoms. The van der Waals surface area contributed by atoms with Crippen molar-refractivity contribution < 1.29 is 18.9 Å². The summed E-state index contributed by atoms with van der Waals surface area (Å²) in [5.41, 5.74) is 1.47. The largest absolute Gasteiger partial charge is 0.344 e. The number of carbonyl (C=O) groups is 2. The fourth-order valence-corrected chi connectivity index (χ4v) is 2.62. The van der Waals surface area contributed by atoms with E-state index >= 15 is 0 Å². The van der Waals surface area contributed by atoms with Gasteiger partial charge in [0.15, 0.2) is 5.78 Å². The maximum atomic E-state index is 12.9. The standard InChI is InChI=1S/C20H23FN2O2/c1-23(2)14-18(15-6-4-3-5-7-15)22-20(25)13-12-19(24)16-8-10-17(21)11-9-16/h3-11,18H,12-14H2,1-2H3,(H,22,25)/p+1/t18-/m0/s1. The Kier molecular flexibility index (Phi) is 6.83. The summed E-state index contributed by atoms with van der Waals surface area (Å²) in [6.07, 6.45) is 0.218. The summed E-state index contributed by atoms with van der Waals surface area (Å²) >= 11 is 0. The fraction of sp³-hybridized carbons (Fsp3) is 0.300. The van der Waals surface area contributed by atoms with E-state index < -0.39 is 0 Å². The molecule has 0 fully saturated rings. The van der Waals surface area contributed by atoms with Crippen LogP contribution >= 0.6 is 0 Å². The third-order valence-corrected chi connectivity index (χ3v) is 3.89. The zero-order valence-electron chi connectivity index (χ0n) is 14.6. The van der Waals surface area contributed by atoms with Gasteiger partial charge in [0.2, 0.25) is 5.91 Å². The van der Waals surface area contributed by atoms with Crippen molar-refractivity contribution in [2.45, 2.75) is 18.9 Å². The minimum absolute atomic E-state index is 0.0976. The van der Waals surface area contributed by atoms with Gasteiger partial charge in [-0.25, -0.2) is 4.39 Å². The molecule has 0 heterocycles. The zero-order valence-corrected chi connectivity index (χ0v) is 14.6. The summed E-state index contributed by atoms with van der Waals surface area (Å²) in [5.74, 6) is -0.707. The number of quaternary nitrogens is 1. The Morgan fingerprint density at radius 1 is 1.00 bits per heavy atom. The highest BCUT2D eigenvalue weighted by Crippen LogP contribution is 2.12. The first-order valence-corrected chi connectivity index (χ1v) is 8.38. The Hall–Kier alpha value is -2.53. The molecule has 0 spiro atoms. The Morgan fingerprint density at radius 2 is 1.64 bits per heavy atom. The van der Waals surface area contributed by atoms with Gasteiger partial charge in [-0.15, -0.1) is 0 Å². The van der Waals surface area contributed by atoms with Gasteiger partial charge in [0.25, 0.3) is 0 Å². The Labute approximate surface area is 147 Å². The van der Waals surface area contributed by atoms with Gasteiger partial charge in [0.05, 0.1) is 14.1 Å². The maximum absolute atomic E-state index is 12.9. The molecule has 4 nitrogen and oxygen atoms in total. The molecule has 0 aliphatic heterocycles. The molecule has 0 aliphatic carbocycles. The molecule has 5 heteroatoms. The zero-order chi connectivity index (χ0) is 18.2. The van der Waals surface area contributed by atoms with E-state index in [9.17, 15) is 14.0 Å². The highest BCUT2D eigenvalue weighted by Gasteiger charge is 2.18. The number of Topliss-reactive ketones (excluding diaryl/α,β-unsaturated/α-hetero) is 1. The predicted molar refractivity (Wildman–Crippen MR) is 95.0 cm³/mol. The lowest BCUT2D eigenvalue weighted by atomic mass is 10.0. The Balaban J connectivity index is 1.92. The van der Waals surface area contributed by atoms with Gasteiger partial charge in [-0.3, -0.25) is 9.59 Å². The van der Waals surface area contributed by atoms with Gasteiger partial charge < -0.3 is 10.2 Å². The molecule has 1 atom stereocenters. The van der Waals surface area contributed by atoms with Crippen molar-refractivity contribution >= 4 is 11.7 Å². The molecule has 0 saturated carbocycles. The van der Waals surface area contributed by atoms with E-state index in [0.717, 1.165) is 12.1 Å². The number of amides is 1. The van der Waals surface area contributed by atoms with Crippen molar-refractivity contribution in [2.24, 2.45) is 0 Å². The number of rotatable bonds is 8. The molecule has 132 valence electrons. The molecule has 1 amide bonds. The summed E-state index contributed by atoms with van der Waals surface area (Å²) in [4.78, 5) is 25.6. The van der Waals surface area contributed by atoms with E-state index in [4.69, 9.17) is 0 Å². The van der Waals surface area contributed by atoms with Gasteiger partial charge in [-0.2, -0.15) is 0 Å². The summed E-state index contributed by atoms with van der Waals surface area (Å²) < 4.78 is 12.9. The highest BCUT2D eigenvalue weighted by atomic mass is 19.1. The summed E-state index contributed by atoms with van der Waals surface area (Å²) in [6, 6.07) is 15.1. The van der Waals surface area contributed by atoms with Gasteiger partial charge in [0.1, 0.15) is 18.4 Å². The van der Waals surface area contributed by atoms with Crippen molar-refractivity contribution in [1.29, 1.82) is 0 Å². The number of benzene rings is 2. The van der Waals surface area contributed by atoms with Crippen LogP contribution in [0.15, 0.2) is 54.6 Å². The van der Waals surface area contributed by atoms with Gasteiger partial charge in [-0.05, 0) is 29.8 Å². The van der Waals surface area contributed by atoms with Crippen molar-refractivity contribution in [2.75, 3.05) is 20.6 Å². The molecular formula is C20H24FN2O2+. The van der Waals surface area contributed by atoms with Gasteiger partial charge in [0, 0.05) is 18.4 Å². The van der Waals surface area contributed by atoms with Crippen molar-refractivity contribution in [3.8, 4) is 0 Å². The minimum Gasteiger partial charge on any atom is -0.344 e. The van der Waals surface area contributed by atoms with E-state index in [0.29, 0.717) is 5.56 Å². The minimum atomic E-state index is -0.383. The SMILES string of the molecule is C[NH+](C)C[C@H](NC(=O)CCC(=O)c1ccc(F)cc1)c1ccccc1. The van der Waals surface area contributed by atoms with E-state index in [1.807, 2.05) is 44.4 Å². The number of hydrogen-bond donors (Lipinski definition) is 2. The number of nitrogens with one attached hydrogen (secondary N) is 2. The molecule has 2 rings (SSSR count). The number of likely N-dealkylation sites (N-methyl/N-ethyl adjacent to an activating group) is 1. The molecule has 0 aliphatic rings. The third kappa shape index (κ3) is 6.12. The van der Waals surface area contributed by atoms with Crippen LogP contribution in [0.1, 0.15) is 34.8 Å². The lowest BCUT2D eigenvalue weighted by Gasteiger charge is -2.20. The van der Waals surface area contributed by atoms with Crippen LogP contribution < -0.4 is 10.2 Å². The van der Waals surface area contributed by atoms with Gasteiger partial charge in [-0.1, -0.05) is 30.3 Å². The summed E-state index contributed by atoms with van der Waals surface area (Å²) in [6.45, 7) is 0.752. The number of halogens is 1. The van der Waals surface area contributed by atoms with E-state index in [1.165, 1.54) is 29.2 Å². The smallest absolute Gasteiger partial charge is 0.221 e. The quantitative estimate of drug-likeness (QED) is 0.718. The number of ketones is 1. The molecule has 2 aromatic carbocycles. The number of carbonyl (C=O) groups excluding carboxylic acids is 2. The van der Waals surface area contributed by atoms with Crippen LogP contribution in [0.2, 0.25) is 0 Å². The summed E-state index contributed by atoms with van der Waals surface area (Å²) in [7, 11) is 4.06. The predicted octanol–water partition coefficient (Wildman–Crippen LogP) is 1.79. The molecule has 0 radical (unpaired) electrons. The Bertz CT molecular complexity index is 699. The van der Waals surface area contributed by atoms with Crippen LogP contribution in [0.5, 0.6) is 0 Å². The molecular weight excluding hydrogens is 319 g/mol. The van der Waals surface area contributed by atoms with Crippen LogP contribution in [0.4, 0.5) is 4.39 Å². The monoisotopic (exact) mass is 343 g/mol. The first kappa shape index (κ1) is 18.8. The average molecular weight is 343 g/mol. The van der Waals surface area contributed by atoms with Crippen LogP contribution in [-0.4, -0.2) is 32.3 Å². The Morgan fingerprint density at radius 3 is 2.24 bits per heavy atom. The van der Waals surface area contributed by atoms with E-state index in [-0.39, 0.29) is 36.4 Å². The fourth-order valence-electron chi connectivity index (χ4n) is 2.62. The van der Waals surface area contributed by atoms with Crippen LogP contribution in [0.25, 0.3) is 0 Å². The second kappa shape index (κ2) is 9.08. The molecule has 0 saturated heterocycles. The second-order valence-corrected chi connectivity index (χ2v) is 6.37. The van der Waals surface area contributed by atoms with E-state index in [1.54, 1.807) is 0 Å². The highest BCUT2D eigenvalue weighted by molar-refractivity contribution is 5.97. The molecule has 2 aromatic rings. The molecule has 0 unspecified atom stereocenters. The van der Waals surface area contributed by atoms with Crippen molar-refractivity contribution in [3.05, 3.63) is 71.5 Å².